The van der Waals surface area contributed by atoms with E-state index >= 15 is 0 Å². The number of fused-ring (bicyclic) bond motifs is 1. The van der Waals surface area contributed by atoms with Gasteiger partial charge in [-0.15, -0.1) is 0 Å². The summed E-state index contributed by atoms with van der Waals surface area (Å²) in [5.74, 6) is -1.04. The highest BCUT2D eigenvalue weighted by Gasteiger charge is 2.62. The number of methoxy groups -OCH3 is 1. The number of hydrogen-bond acceptors (Lipinski definition) is 4. The van der Waals surface area contributed by atoms with Crippen LogP contribution in [0.25, 0.3) is 0 Å². The van der Waals surface area contributed by atoms with E-state index in [9.17, 15) is 9.59 Å². The first-order valence-corrected chi connectivity index (χ1v) is 5.49. The molecule has 1 heterocycles. The lowest BCUT2D eigenvalue weighted by molar-refractivity contribution is -0.187. The lowest BCUT2D eigenvalue weighted by atomic mass is 9.66. The van der Waals surface area contributed by atoms with Gasteiger partial charge in [0.05, 0.1) is 13.7 Å². The maximum absolute atomic E-state index is 12.0. The Labute approximate surface area is 94.6 Å². The van der Waals surface area contributed by atoms with Crippen LogP contribution in [0.1, 0.15) is 13.8 Å². The van der Waals surface area contributed by atoms with Crippen LogP contribution in [0.4, 0.5) is 0 Å². The number of hydrogen-bond donors (Lipinski definition) is 0. The smallest absolute Gasteiger partial charge is 0.324 e. The van der Waals surface area contributed by atoms with Crippen molar-refractivity contribution >= 4 is 11.9 Å². The van der Waals surface area contributed by atoms with Crippen molar-refractivity contribution in [2.75, 3.05) is 13.7 Å². The largest absolute Gasteiger partial charge is 0.468 e. The average molecular weight is 224 g/mol. The van der Waals surface area contributed by atoms with Gasteiger partial charge in [0.1, 0.15) is 0 Å². The Kier molecular flexibility index (Phi) is 2.52. The zero-order chi connectivity index (χ0) is 11.9. The Bertz CT molecular complexity index is 350. The molecule has 0 amide bonds. The minimum absolute atomic E-state index is 0.101. The monoisotopic (exact) mass is 224 g/mol. The van der Waals surface area contributed by atoms with E-state index in [0.717, 1.165) is 0 Å². The Morgan fingerprint density at radius 2 is 2.19 bits per heavy atom. The summed E-state index contributed by atoms with van der Waals surface area (Å²) in [7, 11) is 1.31. The van der Waals surface area contributed by atoms with Gasteiger partial charge < -0.3 is 9.47 Å². The van der Waals surface area contributed by atoms with Crippen molar-refractivity contribution in [1.29, 1.82) is 0 Å². The van der Waals surface area contributed by atoms with E-state index in [-0.39, 0.29) is 17.8 Å². The molecule has 0 aromatic heterocycles. The van der Waals surface area contributed by atoms with Crippen molar-refractivity contribution < 1.29 is 19.1 Å². The van der Waals surface area contributed by atoms with Gasteiger partial charge in [-0.05, 0) is 5.92 Å². The summed E-state index contributed by atoms with van der Waals surface area (Å²) in [5, 5.41) is 0. The van der Waals surface area contributed by atoms with Crippen LogP contribution in [-0.2, 0) is 19.1 Å². The van der Waals surface area contributed by atoms with Crippen molar-refractivity contribution in [1.82, 2.24) is 0 Å². The van der Waals surface area contributed by atoms with Gasteiger partial charge in [-0.2, -0.15) is 0 Å². The highest BCUT2D eigenvalue weighted by Crippen LogP contribution is 2.50. The number of cyclic esters (lactones) is 1. The predicted molar refractivity (Wildman–Crippen MR) is 56.4 cm³/mol. The standard InChI is InChI=1S/C12H16O4/c1-7-6-16-11(14)12(10(13)15-3)8(2)4-5-9(7)12/h4-5,7-9H,6H2,1-3H3/t7-,8?,9?,12+/m0/s1. The molecule has 0 saturated carbocycles. The fraction of sp³-hybridized carbons (Fsp3) is 0.667. The first kappa shape index (κ1) is 11.2. The van der Waals surface area contributed by atoms with E-state index in [4.69, 9.17) is 9.47 Å². The van der Waals surface area contributed by atoms with Gasteiger partial charge in [0.15, 0.2) is 5.41 Å². The van der Waals surface area contributed by atoms with Crippen LogP contribution in [0.5, 0.6) is 0 Å². The second kappa shape index (κ2) is 3.61. The van der Waals surface area contributed by atoms with Crippen LogP contribution in [-0.4, -0.2) is 25.7 Å². The first-order chi connectivity index (χ1) is 7.55. The molecular weight excluding hydrogens is 208 g/mol. The molecule has 4 nitrogen and oxygen atoms in total. The van der Waals surface area contributed by atoms with E-state index < -0.39 is 17.4 Å². The van der Waals surface area contributed by atoms with Gasteiger partial charge in [0.25, 0.3) is 0 Å². The first-order valence-electron chi connectivity index (χ1n) is 5.49. The maximum atomic E-state index is 12.0. The molecule has 16 heavy (non-hydrogen) atoms. The molecule has 0 bridgehead atoms. The lowest BCUT2D eigenvalue weighted by Gasteiger charge is -2.40. The Morgan fingerprint density at radius 1 is 1.50 bits per heavy atom. The molecule has 0 aromatic rings. The molecule has 0 radical (unpaired) electrons. The van der Waals surface area contributed by atoms with Crippen molar-refractivity contribution in [3.05, 3.63) is 12.2 Å². The third kappa shape index (κ3) is 1.16. The Balaban J connectivity index is 2.49. The van der Waals surface area contributed by atoms with Gasteiger partial charge in [-0.3, -0.25) is 9.59 Å². The highest BCUT2D eigenvalue weighted by molar-refractivity contribution is 6.02. The molecule has 4 atom stereocenters. The molecule has 0 N–H and O–H groups in total. The molecule has 1 aliphatic carbocycles. The van der Waals surface area contributed by atoms with Crippen LogP contribution in [0.3, 0.4) is 0 Å². The molecule has 2 rings (SSSR count). The number of allylic oxidation sites excluding steroid dienone is 2. The number of rotatable bonds is 1. The molecule has 1 fully saturated rings. The second-order valence-electron chi connectivity index (χ2n) is 4.64. The number of ether oxygens (including phenoxy) is 2. The van der Waals surface area contributed by atoms with Crippen LogP contribution < -0.4 is 0 Å². The summed E-state index contributed by atoms with van der Waals surface area (Å²) in [6.07, 6.45) is 3.86. The highest BCUT2D eigenvalue weighted by atomic mass is 16.6. The third-order valence-corrected chi connectivity index (χ3v) is 3.80. The van der Waals surface area contributed by atoms with E-state index in [1.807, 2.05) is 26.0 Å². The quantitative estimate of drug-likeness (QED) is 0.381. The zero-order valence-corrected chi connectivity index (χ0v) is 9.73. The molecule has 1 aliphatic heterocycles. The third-order valence-electron chi connectivity index (χ3n) is 3.80. The van der Waals surface area contributed by atoms with Crippen LogP contribution in [0.15, 0.2) is 12.2 Å². The molecule has 4 heteroatoms. The average Bonchev–Trinajstić information content (AvgIpc) is 2.63. The SMILES string of the molecule is COC(=O)[C@]12C(=O)OC[C@H](C)C1C=CC2C. The summed E-state index contributed by atoms with van der Waals surface area (Å²) in [4.78, 5) is 24.0. The van der Waals surface area contributed by atoms with Crippen molar-refractivity contribution in [2.45, 2.75) is 13.8 Å². The van der Waals surface area contributed by atoms with Crippen LogP contribution in [0.2, 0.25) is 0 Å². The van der Waals surface area contributed by atoms with Gasteiger partial charge in [0, 0.05) is 11.8 Å². The Morgan fingerprint density at radius 3 is 2.81 bits per heavy atom. The number of esters is 2. The van der Waals surface area contributed by atoms with Crippen LogP contribution >= 0.6 is 0 Å². The normalized spacial score (nSPS) is 41.4. The number of carbonyl (C=O) groups is 2. The minimum atomic E-state index is -1.15. The molecule has 2 aliphatic rings. The maximum Gasteiger partial charge on any atom is 0.324 e. The minimum Gasteiger partial charge on any atom is -0.468 e. The molecule has 88 valence electrons. The van der Waals surface area contributed by atoms with Crippen LogP contribution in [0, 0.1) is 23.2 Å². The van der Waals surface area contributed by atoms with Gasteiger partial charge >= 0.3 is 11.9 Å². The summed E-state index contributed by atoms with van der Waals surface area (Å²) in [5.41, 5.74) is -1.15. The molecule has 0 aromatic carbocycles. The molecular formula is C12H16O4. The molecule has 0 spiro atoms. The van der Waals surface area contributed by atoms with Crippen molar-refractivity contribution in [2.24, 2.45) is 23.2 Å². The fourth-order valence-electron chi connectivity index (χ4n) is 2.86. The fourth-order valence-corrected chi connectivity index (χ4v) is 2.86. The van der Waals surface area contributed by atoms with Crippen molar-refractivity contribution in [3.63, 3.8) is 0 Å². The van der Waals surface area contributed by atoms with Crippen molar-refractivity contribution in [3.8, 4) is 0 Å². The van der Waals surface area contributed by atoms with E-state index in [1.54, 1.807) is 0 Å². The topological polar surface area (TPSA) is 52.6 Å². The lowest BCUT2D eigenvalue weighted by Crippen LogP contribution is -2.54. The van der Waals surface area contributed by atoms with E-state index in [1.165, 1.54) is 7.11 Å². The van der Waals surface area contributed by atoms with Gasteiger partial charge in [0.2, 0.25) is 0 Å². The zero-order valence-electron chi connectivity index (χ0n) is 9.73. The van der Waals surface area contributed by atoms with Gasteiger partial charge in [-0.25, -0.2) is 0 Å². The summed E-state index contributed by atoms with van der Waals surface area (Å²) >= 11 is 0. The molecule has 2 unspecified atom stereocenters. The second-order valence-corrected chi connectivity index (χ2v) is 4.64. The molecule has 1 saturated heterocycles. The summed E-state index contributed by atoms with van der Waals surface area (Å²) in [6, 6.07) is 0. The van der Waals surface area contributed by atoms with E-state index in [2.05, 4.69) is 0 Å². The Hall–Kier alpha value is -1.32. The summed E-state index contributed by atoms with van der Waals surface area (Å²) < 4.78 is 9.92. The van der Waals surface area contributed by atoms with Gasteiger partial charge in [-0.1, -0.05) is 26.0 Å². The predicted octanol–water partition coefficient (Wildman–Crippen LogP) is 1.16. The number of carbonyl (C=O) groups excluding carboxylic acids is 2. The summed E-state index contributed by atoms with van der Waals surface area (Å²) in [6.45, 7) is 4.21. The van der Waals surface area contributed by atoms with E-state index in [0.29, 0.717) is 6.61 Å².